The maximum atomic E-state index is 11.0. The summed E-state index contributed by atoms with van der Waals surface area (Å²) >= 11 is 0. The quantitative estimate of drug-likeness (QED) is 0.725. The molecular weight excluding hydrogens is 192 g/mol. The number of aromatic nitrogens is 2. The minimum Gasteiger partial charge on any atom is -0.368 e. The van der Waals surface area contributed by atoms with Crippen molar-refractivity contribution < 1.29 is 4.79 Å². The fourth-order valence-corrected chi connectivity index (χ4v) is 1.57. The van der Waals surface area contributed by atoms with Crippen molar-refractivity contribution in [2.75, 3.05) is 0 Å². The van der Waals surface area contributed by atoms with Crippen LogP contribution in [0, 0.1) is 0 Å². The number of amides is 1. The normalized spacial score (nSPS) is 12.9. The third-order valence-corrected chi connectivity index (χ3v) is 2.41. The number of nitrogens with two attached hydrogens (primary N) is 2. The van der Waals surface area contributed by atoms with Gasteiger partial charge in [0, 0.05) is 7.05 Å². The maximum Gasteiger partial charge on any atom is 0.242 e. The first-order chi connectivity index (χ1) is 7.11. The molecule has 5 nitrogen and oxygen atoms in total. The topological polar surface area (TPSA) is 86.9 Å². The molecule has 0 bridgehead atoms. The van der Waals surface area contributed by atoms with Gasteiger partial charge in [0.15, 0.2) is 0 Å². The molecule has 5 heteroatoms. The zero-order valence-electron chi connectivity index (χ0n) is 8.34. The molecule has 1 atom stereocenters. The average molecular weight is 204 g/mol. The summed E-state index contributed by atoms with van der Waals surface area (Å²) in [7, 11) is 1.81. The van der Waals surface area contributed by atoms with Crippen molar-refractivity contribution in [1.29, 1.82) is 0 Å². The van der Waals surface area contributed by atoms with Gasteiger partial charge in [0.25, 0.3) is 0 Å². The molecule has 0 aliphatic heterocycles. The Morgan fingerprint density at radius 1 is 1.47 bits per heavy atom. The second kappa shape index (κ2) is 3.36. The predicted octanol–water partition coefficient (Wildman–Crippen LogP) is 0.0584. The van der Waals surface area contributed by atoms with Gasteiger partial charge in [0.1, 0.15) is 11.9 Å². The highest BCUT2D eigenvalue weighted by Gasteiger charge is 2.18. The molecule has 1 heterocycles. The minimum absolute atomic E-state index is 0.490. The van der Waals surface area contributed by atoms with Gasteiger partial charge in [-0.15, -0.1) is 0 Å². The predicted molar refractivity (Wildman–Crippen MR) is 56.8 cm³/mol. The first-order valence-corrected chi connectivity index (χ1v) is 4.57. The number of fused-ring (bicyclic) bond motifs is 1. The van der Waals surface area contributed by atoms with E-state index in [2.05, 4.69) is 4.98 Å². The van der Waals surface area contributed by atoms with Gasteiger partial charge in [-0.2, -0.15) is 0 Å². The Morgan fingerprint density at radius 2 is 2.13 bits per heavy atom. The molecule has 0 fully saturated rings. The van der Waals surface area contributed by atoms with Crippen molar-refractivity contribution in [1.82, 2.24) is 9.55 Å². The Labute approximate surface area is 86.7 Å². The minimum atomic E-state index is -0.859. The van der Waals surface area contributed by atoms with Crippen LogP contribution in [-0.2, 0) is 11.8 Å². The van der Waals surface area contributed by atoms with Crippen LogP contribution in [0.2, 0.25) is 0 Å². The van der Waals surface area contributed by atoms with Gasteiger partial charge in [0.2, 0.25) is 5.91 Å². The second-order valence-corrected chi connectivity index (χ2v) is 3.40. The molecule has 1 aromatic carbocycles. The Morgan fingerprint density at radius 3 is 2.73 bits per heavy atom. The van der Waals surface area contributed by atoms with E-state index in [1.807, 2.05) is 31.3 Å². The summed E-state index contributed by atoms with van der Waals surface area (Å²) in [5, 5.41) is 0. The van der Waals surface area contributed by atoms with E-state index in [-0.39, 0.29) is 0 Å². The Balaban J connectivity index is 2.63. The number of primary amides is 1. The fourth-order valence-electron chi connectivity index (χ4n) is 1.57. The van der Waals surface area contributed by atoms with Crippen molar-refractivity contribution in [3.05, 3.63) is 30.1 Å². The Hall–Kier alpha value is -1.88. The molecule has 0 saturated carbocycles. The number of para-hydroxylation sites is 2. The molecule has 0 radical (unpaired) electrons. The second-order valence-electron chi connectivity index (χ2n) is 3.40. The first-order valence-electron chi connectivity index (χ1n) is 4.57. The highest BCUT2D eigenvalue weighted by molar-refractivity contribution is 5.83. The molecule has 1 aromatic heterocycles. The van der Waals surface area contributed by atoms with Crippen molar-refractivity contribution in [3.63, 3.8) is 0 Å². The van der Waals surface area contributed by atoms with Crippen LogP contribution in [0.4, 0.5) is 0 Å². The van der Waals surface area contributed by atoms with E-state index < -0.39 is 11.9 Å². The van der Waals surface area contributed by atoms with E-state index in [4.69, 9.17) is 11.5 Å². The largest absolute Gasteiger partial charge is 0.368 e. The monoisotopic (exact) mass is 204 g/mol. The van der Waals surface area contributed by atoms with Gasteiger partial charge in [-0.25, -0.2) is 4.98 Å². The first kappa shape index (κ1) is 9.67. The van der Waals surface area contributed by atoms with Crippen molar-refractivity contribution >= 4 is 16.9 Å². The molecule has 0 spiro atoms. The van der Waals surface area contributed by atoms with Crippen molar-refractivity contribution in [2.45, 2.75) is 6.04 Å². The highest BCUT2D eigenvalue weighted by Crippen LogP contribution is 2.17. The number of aryl methyl sites for hydroxylation is 1. The summed E-state index contributed by atoms with van der Waals surface area (Å²) in [4.78, 5) is 15.2. The number of carbonyl (C=O) groups excluding carboxylic acids is 1. The van der Waals surface area contributed by atoms with Crippen LogP contribution in [0.15, 0.2) is 24.3 Å². The number of imidazole rings is 1. The molecule has 0 saturated heterocycles. The summed E-state index contributed by atoms with van der Waals surface area (Å²) in [6.45, 7) is 0. The molecule has 1 amide bonds. The van der Waals surface area contributed by atoms with E-state index in [0.717, 1.165) is 11.0 Å². The van der Waals surface area contributed by atoms with Gasteiger partial charge in [-0.05, 0) is 12.1 Å². The molecule has 0 aliphatic carbocycles. The van der Waals surface area contributed by atoms with Crippen LogP contribution in [0.5, 0.6) is 0 Å². The zero-order chi connectivity index (χ0) is 11.0. The molecule has 78 valence electrons. The summed E-state index contributed by atoms with van der Waals surface area (Å²) in [6, 6.07) is 6.72. The lowest BCUT2D eigenvalue weighted by Gasteiger charge is -2.06. The number of rotatable bonds is 2. The van der Waals surface area contributed by atoms with Crippen LogP contribution in [0.25, 0.3) is 11.0 Å². The van der Waals surface area contributed by atoms with Crippen LogP contribution in [0.1, 0.15) is 11.9 Å². The van der Waals surface area contributed by atoms with Gasteiger partial charge < -0.3 is 16.0 Å². The summed E-state index contributed by atoms with van der Waals surface area (Å²) in [5.74, 6) is -0.0860. The van der Waals surface area contributed by atoms with Crippen LogP contribution < -0.4 is 11.5 Å². The smallest absolute Gasteiger partial charge is 0.242 e. The van der Waals surface area contributed by atoms with E-state index in [9.17, 15) is 4.79 Å². The van der Waals surface area contributed by atoms with Crippen LogP contribution in [-0.4, -0.2) is 15.5 Å². The van der Waals surface area contributed by atoms with Gasteiger partial charge >= 0.3 is 0 Å². The average Bonchev–Trinajstić information content (AvgIpc) is 2.56. The lowest BCUT2D eigenvalue weighted by Crippen LogP contribution is -2.30. The number of hydrogen-bond acceptors (Lipinski definition) is 3. The molecular formula is C10H12N4O. The number of nitrogens with zero attached hydrogens (tertiary/aromatic N) is 2. The van der Waals surface area contributed by atoms with Gasteiger partial charge in [-0.1, -0.05) is 12.1 Å². The van der Waals surface area contributed by atoms with Crippen molar-refractivity contribution in [3.8, 4) is 0 Å². The van der Waals surface area contributed by atoms with Gasteiger partial charge in [-0.3, -0.25) is 4.79 Å². The Kier molecular flexibility index (Phi) is 2.17. The van der Waals surface area contributed by atoms with E-state index in [1.54, 1.807) is 4.57 Å². The number of carbonyl (C=O) groups is 1. The highest BCUT2D eigenvalue weighted by atomic mass is 16.1. The standard InChI is InChI=1S/C10H12N4O/c1-14-7-5-3-2-4-6(7)13-10(14)8(11)9(12)15/h2-5,8H,11H2,1H3,(H2,12,15). The SMILES string of the molecule is Cn1c(C(N)C(N)=O)nc2ccccc21. The third-order valence-electron chi connectivity index (χ3n) is 2.41. The third kappa shape index (κ3) is 1.46. The van der Waals surface area contributed by atoms with Crippen LogP contribution >= 0.6 is 0 Å². The van der Waals surface area contributed by atoms with E-state index in [0.29, 0.717) is 5.82 Å². The lowest BCUT2D eigenvalue weighted by molar-refractivity contribution is -0.119. The van der Waals surface area contributed by atoms with Gasteiger partial charge in [0.05, 0.1) is 11.0 Å². The molecule has 2 aromatic rings. The lowest BCUT2D eigenvalue weighted by atomic mass is 10.3. The molecule has 1 unspecified atom stereocenters. The fraction of sp³-hybridized carbons (Fsp3) is 0.200. The molecule has 0 aliphatic rings. The van der Waals surface area contributed by atoms with E-state index >= 15 is 0 Å². The van der Waals surface area contributed by atoms with E-state index in [1.165, 1.54) is 0 Å². The zero-order valence-corrected chi connectivity index (χ0v) is 8.34. The molecule has 2 rings (SSSR count). The van der Waals surface area contributed by atoms with Crippen molar-refractivity contribution in [2.24, 2.45) is 18.5 Å². The van der Waals surface area contributed by atoms with Crippen LogP contribution in [0.3, 0.4) is 0 Å². The summed E-state index contributed by atoms with van der Waals surface area (Å²) in [5.41, 5.74) is 12.5. The summed E-state index contributed by atoms with van der Waals surface area (Å²) in [6.07, 6.45) is 0. The summed E-state index contributed by atoms with van der Waals surface area (Å²) < 4.78 is 1.78. The Bertz CT molecular complexity index is 517. The maximum absolute atomic E-state index is 11.0. The molecule has 4 N–H and O–H groups in total. The number of benzene rings is 1. The molecule has 15 heavy (non-hydrogen) atoms. The number of hydrogen-bond donors (Lipinski definition) is 2.